The third-order valence-electron chi connectivity index (χ3n) is 2.61. The van der Waals surface area contributed by atoms with Crippen molar-refractivity contribution in [2.75, 3.05) is 6.54 Å². The lowest BCUT2D eigenvalue weighted by molar-refractivity contribution is 0.0952. The van der Waals surface area contributed by atoms with E-state index in [4.69, 9.17) is 18.0 Å². The van der Waals surface area contributed by atoms with Crippen molar-refractivity contribution in [1.29, 1.82) is 0 Å². The molecule has 0 aromatic carbocycles. The summed E-state index contributed by atoms with van der Waals surface area (Å²) in [7, 11) is 0. The number of hydrogen-bond acceptors (Lipinski definition) is 3. The van der Waals surface area contributed by atoms with Crippen LogP contribution in [0.25, 0.3) is 0 Å². The van der Waals surface area contributed by atoms with Gasteiger partial charge in [0.15, 0.2) is 0 Å². The minimum atomic E-state index is -0.0738. The van der Waals surface area contributed by atoms with E-state index in [1.807, 2.05) is 26.0 Å². The van der Waals surface area contributed by atoms with Gasteiger partial charge >= 0.3 is 0 Å². The van der Waals surface area contributed by atoms with E-state index in [1.54, 1.807) is 0 Å². The molecule has 0 saturated carbocycles. The zero-order valence-corrected chi connectivity index (χ0v) is 11.6. The smallest absolute Gasteiger partial charge is 0.253 e. The second-order valence-corrected chi connectivity index (χ2v) is 4.79. The summed E-state index contributed by atoms with van der Waals surface area (Å²) in [5, 5.41) is 2.87. The van der Waals surface area contributed by atoms with Crippen LogP contribution < -0.4 is 11.1 Å². The first-order valence-electron chi connectivity index (χ1n) is 6.01. The van der Waals surface area contributed by atoms with E-state index in [-0.39, 0.29) is 5.91 Å². The average molecular weight is 265 g/mol. The predicted octanol–water partition coefficient (Wildman–Crippen LogP) is 1.88. The van der Waals surface area contributed by atoms with Crippen LogP contribution >= 0.6 is 12.2 Å². The molecular formula is C13H19N3OS. The molecule has 1 heterocycles. The Kier molecular flexibility index (Phi) is 5.71. The second kappa shape index (κ2) is 7.06. The number of aromatic nitrogens is 1. The zero-order chi connectivity index (χ0) is 13.5. The summed E-state index contributed by atoms with van der Waals surface area (Å²) in [6.07, 6.45) is 2.51. The maximum Gasteiger partial charge on any atom is 0.253 e. The Hall–Kier alpha value is -1.49. The number of hydrogen-bond donors (Lipinski definition) is 2. The van der Waals surface area contributed by atoms with Crippen LogP contribution in [0.4, 0.5) is 0 Å². The molecule has 0 aliphatic rings. The number of nitrogens with zero attached hydrogens (tertiary/aromatic N) is 1. The van der Waals surface area contributed by atoms with Gasteiger partial charge in [-0.15, -0.1) is 0 Å². The Morgan fingerprint density at radius 3 is 2.72 bits per heavy atom. The highest BCUT2D eigenvalue weighted by Crippen LogP contribution is 2.06. The zero-order valence-electron chi connectivity index (χ0n) is 10.8. The van der Waals surface area contributed by atoms with E-state index in [1.165, 1.54) is 0 Å². The Balaban J connectivity index is 2.39. The van der Waals surface area contributed by atoms with E-state index >= 15 is 0 Å². The number of amides is 1. The summed E-state index contributed by atoms with van der Waals surface area (Å²) >= 11 is 4.78. The monoisotopic (exact) mass is 265 g/mol. The molecule has 1 amide bonds. The highest BCUT2D eigenvalue weighted by molar-refractivity contribution is 7.80. The first kappa shape index (κ1) is 14.6. The number of thiocarbonyl (C=S) groups is 1. The minimum absolute atomic E-state index is 0.0738. The first-order chi connectivity index (χ1) is 8.50. The van der Waals surface area contributed by atoms with Crippen LogP contribution in [-0.4, -0.2) is 22.4 Å². The molecule has 1 rings (SSSR count). The molecule has 0 atom stereocenters. The molecule has 0 aliphatic carbocycles. The summed E-state index contributed by atoms with van der Waals surface area (Å²) in [6, 6.07) is 3.65. The van der Waals surface area contributed by atoms with Gasteiger partial charge in [0.1, 0.15) is 0 Å². The largest absolute Gasteiger partial charge is 0.393 e. The number of pyridine rings is 1. The van der Waals surface area contributed by atoms with E-state index < -0.39 is 0 Å². The van der Waals surface area contributed by atoms with Crippen molar-refractivity contribution in [3.05, 3.63) is 29.1 Å². The van der Waals surface area contributed by atoms with Crippen LogP contribution in [0.5, 0.6) is 0 Å². The average Bonchev–Trinajstić information content (AvgIpc) is 2.27. The van der Waals surface area contributed by atoms with Crippen LogP contribution in [0.1, 0.15) is 41.0 Å². The summed E-state index contributed by atoms with van der Waals surface area (Å²) in [6.45, 7) is 4.38. The van der Waals surface area contributed by atoms with Gasteiger partial charge in [-0.1, -0.05) is 12.2 Å². The molecular weight excluding hydrogens is 246 g/mol. The van der Waals surface area contributed by atoms with Crippen LogP contribution in [0.2, 0.25) is 0 Å². The lowest BCUT2D eigenvalue weighted by Crippen LogP contribution is -2.25. The van der Waals surface area contributed by atoms with Crippen molar-refractivity contribution < 1.29 is 4.79 Å². The number of aryl methyl sites for hydroxylation is 2. The number of nitrogens with two attached hydrogens (primary N) is 1. The molecule has 0 fully saturated rings. The quantitative estimate of drug-likeness (QED) is 0.609. The van der Waals surface area contributed by atoms with E-state index in [2.05, 4.69) is 10.3 Å². The normalized spacial score (nSPS) is 10.1. The molecule has 0 unspecified atom stereocenters. The molecule has 0 spiro atoms. The van der Waals surface area contributed by atoms with E-state index in [0.717, 1.165) is 30.7 Å². The SMILES string of the molecule is Cc1ccc(C(=O)NCCCCC(N)=S)c(C)n1. The van der Waals surface area contributed by atoms with Crippen molar-refractivity contribution in [2.24, 2.45) is 5.73 Å². The molecule has 5 heteroatoms. The Labute approximate surface area is 113 Å². The van der Waals surface area contributed by atoms with Gasteiger partial charge in [-0.05, 0) is 45.2 Å². The Bertz CT molecular complexity index is 446. The molecule has 0 radical (unpaired) electrons. The van der Waals surface area contributed by atoms with Gasteiger partial charge in [-0.25, -0.2) is 0 Å². The topological polar surface area (TPSA) is 68.0 Å². The summed E-state index contributed by atoms with van der Waals surface area (Å²) < 4.78 is 0. The highest BCUT2D eigenvalue weighted by atomic mass is 32.1. The molecule has 3 N–H and O–H groups in total. The fourth-order valence-corrected chi connectivity index (χ4v) is 1.79. The molecule has 98 valence electrons. The summed E-state index contributed by atoms with van der Waals surface area (Å²) in [5.74, 6) is -0.0738. The van der Waals surface area contributed by atoms with E-state index in [9.17, 15) is 4.79 Å². The number of nitrogens with one attached hydrogen (secondary N) is 1. The second-order valence-electron chi connectivity index (χ2n) is 4.26. The Morgan fingerprint density at radius 2 is 2.11 bits per heavy atom. The first-order valence-corrected chi connectivity index (χ1v) is 6.42. The van der Waals surface area contributed by atoms with Crippen molar-refractivity contribution in [2.45, 2.75) is 33.1 Å². The molecule has 0 saturated heterocycles. The van der Waals surface area contributed by atoms with Crippen molar-refractivity contribution in [3.63, 3.8) is 0 Å². The minimum Gasteiger partial charge on any atom is -0.393 e. The van der Waals surface area contributed by atoms with Crippen LogP contribution in [-0.2, 0) is 0 Å². The van der Waals surface area contributed by atoms with Crippen molar-refractivity contribution >= 4 is 23.1 Å². The summed E-state index contributed by atoms with van der Waals surface area (Å²) in [4.78, 5) is 16.7. The lowest BCUT2D eigenvalue weighted by atomic mass is 10.1. The molecule has 0 aliphatic heterocycles. The van der Waals surface area contributed by atoms with Gasteiger partial charge in [0.2, 0.25) is 0 Å². The fourth-order valence-electron chi connectivity index (χ4n) is 1.65. The molecule has 4 nitrogen and oxygen atoms in total. The molecule has 1 aromatic rings. The lowest BCUT2D eigenvalue weighted by Gasteiger charge is -2.07. The maximum atomic E-state index is 11.9. The number of rotatable bonds is 6. The number of carbonyl (C=O) groups is 1. The third-order valence-corrected chi connectivity index (χ3v) is 2.81. The third kappa shape index (κ3) is 4.79. The van der Waals surface area contributed by atoms with Gasteiger partial charge in [0, 0.05) is 12.2 Å². The number of carbonyl (C=O) groups excluding carboxylic acids is 1. The Morgan fingerprint density at radius 1 is 1.39 bits per heavy atom. The number of unbranched alkanes of at least 4 members (excludes halogenated alkanes) is 1. The molecule has 0 bridgehead atoms. The van der Waals surface area contributed by atoms with E-state index in [0.29, 0.717) is 17.1 Å². The van der Waals surface area contributed by atoms with Crippen molar-refractivity contribution in [1.82, 2.24) is 10.3 Å². The van der Waals surface area contributed by atoms with Gasteiger partial charge in [-0.3, -0.25) is 9.78 Å². The fraction of sp³-hybridized carbons (Fsp3) is 0.462. The van der Waals surface area contributed by atoms with Gasteiger partial charge in [0.25, 0.3) is 5.91 Å². The van der Waals surface area contributed by atoms with Gasteiger partial charge in [-0.2, -0.15) is 0 Å². The van der Waals surface area contributed by atoms with Crippen LogP contribution in [0.3, 0.4) is 0 Å². The molecule has 1 aromatic heterocycles. The van der Waals surface area contributed by atoms with Crippen LogP contribution in [0.15, 0.2) is 12.1 Å². The van der Waals surface area contributed by atoms with Gasteiger partial charge < -0.3 is 11.1 Å². The summed E-state index contributed by atoms with van der Waals surface area (Å²) in [5.41, 5.74) is 7.71. The molecule has 18 heavy (non-hydrogen) atoms. The van der Waals surface area contributed by atoms with Crippen LogP contribution in [0, 0.1) is 13.8 Å². The van der Waals surface area contributed by atoms with Crippen molar-refractivity contribution in [3.8, 4) is 0 Å². The standard InChI is InChI=1S/C13H19N3OS/c1-9-6-7-11(10(2)16-9)13(17)15-8-4-3-5-12(14)18/h6-7H,3-5,8H2,1-2H3,(H2,14,18)(H,15,17). The maximum absolute atomic E-state index is 11.9. The predicted molar refractivity (Wildman–Crippen MR) is 76.7 cm³/mol. The highest BCUT2D eigenvalue weighted by Gasteiger charge is 2.08. The van der Waals surface area contributed by atoms with Gasteiger partial charge in [0.05, 0.1) is 16.2 Å².